The molecule has 1 aromatic carbocycles. The number of benzene rings is 1. The third-order valence-electron chi connectivity index (χ3n) is 11.4. The predicted molar refractivity (Wildman–Crippen MR) is 243 cm³/mol. The van der Waals surface area contributed by atoms with Gasteiger partial charge in [0.1, 0.15) is 40.9 Å². The average molecular weight is 914 g/mol. The molecule has 3 heterocycles. The normalized spacial score (nSPS) is 21.3. The molecule has 63 heavy (non-hydrogen) atoms. The first-order valence-corrected chi connectivity index (χ1v) is 23.1. The lowest BCUT2D eigenvalue weighted by molar-refractivity contribution is -0.146. The number of fused-ring (bicyclic) bond motifs is 1. The molecule has 346 valence electrons. The van der Waals surface area contributed by atoms with Crippen LogP contribution in [-0.4, -0.2) is 138 Å². The number of rotatable bonds is 17. The van der Waals surface area contributed by atoms with Crippen LogP contribution in [0.1, 0.15) is 68.2 Å². The lowest BCUT2D eigenvalue weighted by Gasteiger charge is -2.38. The van der Waals surface area contributed by atoms with Crippen LogP contribution in [0.5, 0.6) is 11.5 Å². The summed E-state index contributed by atoms with van der Waals surface area (Å²) in [6, 6.07) is 3.47. The fourth-order valence-corrected chi connectivity index (χ4v) is 9.17. The molecule has 6 atom stereocenters. The maximum Gasteiger partial charge on any atom is 0.330 e. The minimum atomic E-state index is -3.81. The van der Waals surface area contributed by atoms with Gasteiger partial charge in [-0.3, -0.25) is 9.59 Å². The van der Waals surface area contributed by atoms with Gasteiger partial charge in [0.25, 0.3) is 10.2 Å². The summed E-state index contributed by atoms with van der Waals surface area (Å²) in [6.45, 7) is 18.5. The molecule has 5 N–H and O–H groups in total. The summed E-state index contributed by atoms with van der Waals surface area (Å²) in [5.74, 6) is -2.02. The molecule has 1 aliphatic carbocycles. The number of carbonyl (C=O) groups is 4. The van der Waals surface area contributed by atoms with E-state index in [2.05, 4.69) is 27.8 Å². The number of anilines is 1. The van der Waals surface area contributed by atoms with Crippen LogP contribution in [0.15, 0.2) is 42.3 Å². The smallest absolute Gasteiger partial charge is 0.330 e. The Kier molecular flexibility index (Phi) is 14.4. The fourth-order valence-electron chi connectivity index (χ4n) is 7.42. The Morgan fingerprint density at radius 2 is 1.73 bits per heavy atom. The van der Waals surface area contributed by atoms with Crippen molar-refractivity contribution in [1.82, 2.24) is 39.4 Å². The van der Waals surface area contributed by atoms with E-state index >= 15 is 0 Å². The van der Waals surface area contributed by atoms with Gasteiger partial charge in [-0.05, 0) is 43.2 Å². The van der Waals surface area contributed by atoms with E-state index in [-0.39, 0.29) is 32.0 Å². The number of likely N-dealkylation sites (tertiary alicyclic amines) is 1. The van der Waals surface area contributed by atoms with Crippen molar-refractivity contribution < 1.29 is 42.2 Å². The van der Waals surface area contributed by atoms with Crippen LogP contribution in [0.3, 0.4) is 0 Å². The number of carboxylic acid groups (broad SMARTS) is 1. The number of nitrogens with zero attached hydrogens (tertiary/aromatic N) is 5. The Morgan fingerprint density at radius 1 is 1.05 bits per heavy atom. The quantitative estimate of drug-likeness (QED) is 0.118. The van der Waals surface area contributed by atoms with E-state index in [0.29, 0.717) is 33.8 Å². The van der Waals surface area contributed by atoms with Gasteiger partial charge in [-0.25, -0.2) is 19.6 Å². The lowest BCUT2D eigenvalue weighted by atomic mass is 9.85. The number of urea groups is 1. The van der Waals surface area contributed by atoms with E-state index in [0.717, 1.165) is 13.7 Å². The Morgan fingerprint density at radius 3 is 2.29 bits per heavy atom. The van der Waals surface area contributed by atoms with Gasteiger partial charge in [-0.15, -0.1) is 17.9 Å². The second-order valence-electron chi connectivity index (χ2n) is 18.9. The number of aromatic nitrogens is 2. The zero-order valence-corrected chi connectivity index (χ0v) is 39.9. The Labute approximate surface area is 374 Å². The van der Waals surface area contributed by atoms with Gasteiger partial charge in [-0.1, -0.05) is 47.6 Å². The van der Waals surface area contributed by atoms with Gasteiger partial charge in [0.05, 0.1) is 24.9 Å². The summed E-state index contributed by atoms with van der Waals surface area (Å²) in [5.41, 5.74) is -1.41. The first kappa shape index (κ1) is 49.0. The van der Waals surface area contributed by atoms with Crippen LogP contribution in [0.25, 0.3) is 22.3 Å². The number of hydrogen-bond donors (Lipinski definition) is 5. The number of carbonyl (C=O) groups excluding carboxylic acids is 3. The number of thiazole rings is 1. The number of methoxy groups -OCH3 is 1. The number of aliphatic carboxylic acids is 1. The van der Waals surface area contributed by atoms with Crippen LogP contribution in [0, 0.1) is 16.7 Å². The highest BCUT2D eigenvalue weighted by atomic mass is 32.2. The molecular formula is C43H63N9O9S2. The number of ether oxygens (including phenoxy) is 2. The molecule has 1 unspecified atom stereocenters. The topological polar surface area (TPSA) is 225 Å². The molecule has 1 saturated carbocycles. The highest BCUT2D eigenvalue weighted by Gasteiger charge is 2.61. The molecule has 3 aromatic rings. The maximum absolute atomic E-state index is 14.9. The summed E-state index contributed by atoms with van der Waals surface area (Å²) < 4.78 is 40.2. The first-order valence-electron chi connectivity index (χ1n) is 20.8. The van der Waals surface area contributed by atoms with Crippen molar-refractivity contribution in [3.63, 3.8) is 0 Å². The summed E-state index contributed by atoms with van der Waals surface area (Å²) in [7, 11) is 2.00. The molecule has 1 saturated heterocycles. The third-order valence-corrected chi connectivity index (χ3v) is 14.0. The van der Waals surface area contributed by atoms with Crippen molar-refractivity contribution in [3.8, 4) is 22.9 Å². The van der Waals surface area contributed by atoms with Crippen molar-refractivity contribution in [2.45, 2.75) is 104 Å². The van der Waals surface area contributed by atoms with Gasteiger partial charge < -0.3 is 40.7 Å². The van der Waals surface area contributed by atoms with E-state index in [9.17, 15) is 32.7 Å². The first-order chi connectivity index (χ1) is 29.2. The molecular weight excluding hydrogens is 851 g/mol. The van der Waals surface area contributed by atoms with Gasteiger partial charge in [0.2, 0.25) is 11.8 Å². The molecule has 5 rings (SSSR count). The largest absolute Gasteiger partial charge is 0.497 e. The van der Waals surface area contributed by atoms with E-state index in [1.807, 2.05) is 46.1 Å². The molecule has 18 nitrogen and oxygen atoms in total. The molecule has 2 aromatic heterocycles. The number of pyridine rings is 1. The van der Waals surface area contributed by atoms with Crippen molar-refractivity contribution in [2.75, 3.05) is 46.7 Å². The SMILES string of the molecule is C=CC1C[C@]1(NC(=O)[C@@H]1C[C@@H](Oc2cc(-c3csc(NC(C)C)n3)nc3cc(OC)ccc23)CN1C(=O)[C@@H](NC(=O)N[C@H](CN(C)S(=O)(=O)N(C)C)C(C)(C)C)C(C)(C)C)C(=O)O. The fraction of sp³-hybridized carbons (Fsp3) is 0.581. The maximum atomic E-state index is 14.9. The Balaban J connectivity index is 1.49. The van der Waals surface area contributed by atoms with Gasteiger partial charge >= 0.3 is 12.0 Å². The van der Waals surface area contributed by atoms with Gasteiger partial charge in [-0.2, -0.15) is 17.0 Å². The van der Waals surface area contributed by atoms with E-state index in [4.69, 9.17) is 19.4 Å². The van der Waals surface area contributed by atoms with Crippen molar-refractivity contribution in [3.05, 3.63) is 42.3 Å². The highest BCUT2D eigenvalue weighted by Crippen LogP contribution is 2.45. The summed E-state index contributed by atoms with van der Waals surface area (Å²) in [5, 5.41) is 25.2. The van der Waals surface area contributed by atoms with Crippen molar-refractivity contribution in [2.24, 2.45) is 16.7 Å². The molecule has 2 fully saturated rings. The van der Waals surface area contributed by atoms with E-state index in [1.165, 1.54) is 43.5 Å². The third kappa shape index (κ3) is 11.0. The standard InChI is InChI=1S/C43H63N9O9S2/c1-14-25-20-43(25,38(55)56)49-36(53)32-18-27(61-33-19-30(31-23-62-40(46-31)44-24(2)3)45-29-17-26(60-13)15-16-28(29)33)21-52(32)37(54)35(42(7,8)9)48-39(57)47-34(41(4,5)6)22-51(12)63(58,59)50(10)11/h14-17,19,23-25,27,32,34-35H,1,18,20-22H2,2-13H3,(H,44,46)(H,49,53)(H,55,56)(H2,47,48,57)/t25?,27-,32+,34-,35-,43-/m1/s1. The van der Waals surface area contributed by atoms with Crippen molar-refractivity contribution >= 4 is 61.4 Å². The number of carboxylic acids is 1. The van der Waals surface area contributed by atoms with E-state index < -0.39 is 80.5 Å². The Bertz CT molecular complexity index is 2320. The zero-order chi connectivity index (χ0) is 47.0. The minimum Gasteiger partial charge on any atom is -0.497 e. The number of likely N-dealkylation sites (N-methyl/N-ethyl adjacent to an activating group) is 1. The molecule has 4 amide bonds. The minimum absolute atomic E-state index is 0.0116. The summed E-state index contributed by atoms with van der Waals surface area (Å²) >= 11 is 1.44. The van der Waals surface area contributed by atoms with Crippen LogP contribution in [0.4, 0.5) is 9.93 Å². The number of hydrogen-bond acceptors (Lipinski definition) is 12. The molecule has 2 aliphatic rings. The second kappa shape index (κ2) is 18.6. The molecule has 0 spiro atoms. The zero-order valence-electron chi connectivity index (χ0n) is 38.2. The van der Waals surface area contributed by atoms with Gasteiger partial charge in [0, 0.05) is 75.0 Å². The molecule has 1 aliphatic heterocycles. The number of nitrogens with one attached hydrogen (secondary N) is 4. The van der Waals surface area contributed by atoms with Crippen LogP contribution >= 0.6 is 11.3 Å². The molecule has 0 bridgehead atoms. The van der Waals surface area contributed by atoms with Gasteiger partial charge in [0.15, 0.2) is 5.13 Å². The lowest BCUT2D eigenvalue weighted by Crippen LogP contribution is -2.62. The summed E-state index contributed by atoms with van der Waals surface area (Å²) in [6.07, 6.45) is 0.843. The number of amides is 4. The summed E-state index contributed by atoms with van der Waals surface area (Å²) in [4.78, 5) is 66.6. The van der Waals surface area contributed by atoms with Crippen LogP contribution < -0.4 is 30.7 Å². The monoisotopic (exact) mass is 913 g/mol. The average Bonchev–Trinajstić information content (AvgIpc) is 3.46. The highest BCUT2D eigenvalue weighted by molar-refractivity contribution is 7.86. The van der Waals surface area contributed by atoms with E-state index in [1.54, 1.807) is 46.1 Å². The predicted octanol–water partition coefficient (Wildman–Crippen LogP) is 4.55. The Hall–Kier alpha value is -5.05. The van der Waals surface area contributed by atoms with Crippen LogP contribution in [-0.2, 0) is 24.6 Å². The molecule has 20 heteroatoms. The second-order valence-corrected chi connectivity index (χ2v) is 22.0. The van der Waals surface area contributed by atoms with Crippen molar-refractivity contribution in [1.29, 1.82) is 0 Å². The molecule has 0 radical (unpaired) electrons. The van der Waals surface area contributed by atoms with Crippen LogP contribution in [0.2, 0.25) is 0 Å².